The van der Waals surface area contributed by atoms with Crippen molar-refractivity contribution in [1.82, 2.24) is 14.8 Å². The summed E-state index contributed by atoms with van der Waals surface area (Å²) < 4.78 is 17.5. The average Bonchev–Trinajstić information content (AvgIpc) is 3.06. The van der Waals surface area contributed by atoms with E-state index in [-0.39, 0.29) is 23.6 Å². The van der Waals surface area contributed by atoms with E-state index in [2.05, 4.69) is 39.0 Å². The molecule has 0 unspecified atom stereocenters. The van der Waals surface area contributed by atoms with Crippen LogP contribution in [0.15, 0.2) is 91.1 Å². The van der Waals surface area contributed by atoms with E-state index < -0.39 is 0 Å². The number of allylic oxidation sites excluding steroid dienone is 1. The molecule has 0 aliphatic carbocycles. The number of ether oxygens (including phenoxy) is 3. The number of hydrogen-bond donors (Lipinski definition) is 1. The molecular weight excluding hydrogens is 658 g/mol. The minimum Gasteiger partial charge on any atom is -0.493 e. The molecule has 1 aliphatic heterocycles. The van der Waals surface area contributed by atoms with Crippen molar-refractivity contribution in [2.45, 2.75) is 19.6 Å². The third kappa shape index (κ3) is 9.31. The maximum absolute atomic E-state index is 11.6. The zero-order chi connectivity index (χ0) is 30.7. The highest BCUT2D eigenvalue weighted by Crippen LogP contribution is 2.35. The number of aliphatic hydroxyl groups excluding tert-OH is 1. The molecule has 8 nitrogen and oxygen atoms in total. The van der Waals surface area contributed by atoms with Gasteiger partial charge < -0.3 is 24.2 Å². The van der Waals surface area contributed by atoms with Crippen molar-refractivity contribution in [1.29, 1.82) is 0 Å². The van der Waals surface area contributed by atoms with Gasteiger partial charge in [0, 0.05) is 73.3 Å². The fourth-order valence-corrected chi connectivity index (χ4v) is 5.30. The van der Waals surface area contributed by atoms with Crippen molar-refractivity contribution in [3.05, 3.63) is 118 Å². The lowest BCUT2D eigenvalue weighted by Crippen LogP contribution is -2.44. The minimum absolute atomic E-state index is 0. The molecule has 0 amide bonds. The number of pyridine rings is 1. The molecule has 10 heteroatoms. The molecule has 1 saturated heterocycles. The first-order valence-corrected chi connectivity index (χ1v) is 14.9. The number of rotatable bonds is 13. The summed E-state index contributed by atoms with van der Waals surface area (Å²) in [7, 11) is 1.59. The van der Waals surface area contributed by atoms with Gasteiger partial charge >= 0.3 is 0 Å². The number of carbonyl (C=O) groups is 1. The first-order chi connectivity index (χ1) is 21.6. The summed E-state index contributed by atoms with van der Waals surface area (Å²) in [5, 5.41) is 9.79. The predicted octanol–water partition coefficient (Wildman–Crippen LogP) is 6.59. The van der Waals surface area contributed by atoms with Crippen LogP contribution in [-0.2, 0) is 24.4 Å². The summed E-state index contributed by atoms with van der Waals surface area (Å²) in [6.07, 6.45) is 4.71. The summed E-state index contributed by atoms with van der Waals surface area (Å²) in [6, 6.07) is 25.1. The number of aldehydes is 1. The van der Waals surface area contributed by atoms with Gasteiger partial charge in [-0.1, -0.05) is 54.1 Å². The van der Waals surface area contributed by atoms with Crippen molar-refractivity contribution in [3.8, 4) is 23.1 Å². The fourth-order valence-electron chi connectivity index (χ4n) is 5.11. The number of methoxy groups -OCH3 is 1. The Morgan fingerprint density at radius 3 is 2.38 bits per heavy atom. The standard InChI is InChI=1S/C35H36ClN3O5.BrH/c1-42-34-22-28(10-12-33(34)44-35-13-11-30(23-37-35)43-25-29-4-2-3-5-31(29)36)32(15-21-41)39-18-16-38(17-19-39)24-27-8-6-26(7-9-27)14-20-40;/h2-13,15,21-23,40H,14,16-20,24-25H2,1H3;1H/b32-15+;. The molecule has 4 aromatic rings. The zero-order valence-electron chi connectivity index (χ0n) is 25.1. The number of aliphatic hydroxyl groups is 1. The van der Waals surface area contributed by atoms with Gasteiger partial charge in [0.2, 0.25) is 5.88 Å². The van der Waals surface area contributed by atoms with E-state index in [4.69, 9.17) is 30.9 Å². The quantitative estimate of drug-likeness (QED) is 0.124. The second-order valence-electron chi connectivity index (χ2n) is 10.4. The second-order valence-corrected chi connectivity index (χ2v) is 10.8. The van der Waals surface area contributed by atoms with Gasteiger partial charge in [-0.3, -0.25) is 9.69 Å². The van der Waals surface area contributed by atoms with Gasteiger partial charge in [-0.05, 0) is 47.9 Å². The van der Waals surface area contributed by atoms with Crippen molar-refractivity contribution in [2.24, 2.45) is 0 Å². The van der Waals surface area contributed by atoms with Crippen LogP contribution in [0, 0.1) is 0 Å². The topological polar surface area (TPSA) is 84.4 Å². The molecule has 5 rings (SSSR count). The maximum atomic E-state index is 11.6. The van der Waals surface area contributed by atoms with Crippen LogP contribution < -0.4 is 14.2 Å². The second kappa shape index (κ2) is 17.0. The molecule has 0 atom stereocenters. The molecule has 1 N–H and O–H groups in total. The monoisotopic (exact) mass is 693 g/mol. The SMILES string of the molecule is Br.COc1cc(/C(=C\C=O)N2CCN(Cc3ccc(CCO)cc3)CC2)ccc1Oc1ccc(OCc2ccccc2Cl)cn1. The van der Waals surface area contributed by atoms with Gasteiger partial charge in [0.1, 0.15) is 18.6 Å². The van der Waals surface area contributed by atoms with Crippen LogP contribution in [0.25, 0.3) is 5.70 Å². The van der Waals surface area contributed by atoms with E-state index in [1.165, 1.54) is 5.56 Å². The van der Waals surface area contributed by atoms with Gasteiger partial charge in [-0.2, -0.15) is 0 Å². The van der Waals surface area contributed by atoms with E-state index in [9.17, 15) is 4.79 Å². The van der Waals surface area contributed by atoms with Crippen molar-refractivity contribution in [2.75, 3.05) is 39.9 Å². The molecule has 2 heterocycles. The average molecular weight is 695 g/mol. The van der Waals surface area contributed by atoms with Gasteiger partial charge in [-0.25, -0.2) is 4.98 Å². The lowest BCUT2D eigenvalue weighted by Gasteiger charge is -2.37. The van der Waals surface area contributed by atoms with Crippen molar-refractivity contribution in [3.63, 3.8) is 0 Å². The Labute approximate surface area is 279 Å². The minimum atomic E-state index is 0. The van der Waals surface area contributed by atoms with Crippen LogP contribution in [0.3, 0.4) is 0 Å². The summed E-state index contributed by atoms with van der Waals surface area (Å²) in [5.74, 6) is 2.03. The van der Waals surface area contributed by atoms with Crippen LogP contribution in [0.5, 0.6) is 23.1 Å². The summed E-state index contributed by atoms with van der Waals surface area (Å²) in [5.41, 5.74) is 4.99. The highest BCUT2D eigenvalue weighted by Gasteiger charge is 2.21. The molecule has 0 bridgehead atoms. The Morgan fingerprint density at radius 1 is 0.956 bits per heavy atom. The third-order valence-electron chi connectivity index (χ3n) is 7.50. The highest BCUT2D eigenvalue weighted by atomic mass is 79.9. The summed E-state index contributed by atoms with van der Waals surface area (Å²) in [4.78, 5) is 20.7. The van der Waals surface area contributed by atoms with E-state index in [0.29, 0.717) is 41.2 Å². The van der Waals surface area contributed by atoms with Gasteiger partial charge in [-0.15, -0.1) is 17.0 Å². The Kier molecular flexibility index (Phi) is 12.8. The molecule has 3 aromatic carbocycles. The Morgan fingerprint density at radius 2 is 1.71 bits per heavy atom. The predicted molar refractivity (Wildman–Crippen MR) is 182 cm³/mol. The molecule has 1 fully saturated rings. The van der Waals surface area contributed by atoms with Crippen molar-refractivity contribution >= 4 is 40.6 Å². The number of benzene rings is 3. The number of halogens is 2. The first-order valence-electron chi connectivity index (χ1n) is 14.6. The molecule has 236 valence electrons. The normalized spacial score (nSPS) is 13.6. The van der Waals surface area contributed by atoms with E-state index in [1.807, 2.05) is 42.5 Å². The summed E-state index contributed by atoms with van der Waals surface area (Å²) >= 11 is 6.21. The third-order valence-corrected chi connectivity index (χ3v) is 7.87. The van der Waals surface area contributed by atoms with E-state index in [0.717, 1.165) is 61.4 Å². The van der Waals surface area contributed by atoms with Gasteiger partial charge in [0.15, 0.2) is 11.5 Å². The van der Waals surface area contributed by atoms with E-state index >= 15 is 0 Å². The van der Waals surface area contributed by atoms with Crippen LogP contribution >= 0.6 is 28.6 Å². The molecule has 0 spiro atoms. The maximum Gasteiger partial charge on any atom is 0.219 e. The summed E-state index contributed by atoms with van der Waals surface area (Å²) in [6.45, 7) is 4.68. The lowest BCUT2D eigenvalue weighted by atomic mass is 10.1. The smallest absolute Gasteiger partial charge is 0.219 e. The highest BCUT2D eigenvalue weighted by molar-refractivity contribution is 8.93. The zero-order valence-corrected chi connectivity index (χ0v) is 27.6. The van der Waals surface area contributed by atoms with Crippen molar-refractivity contribution < 1.29 is 24.1 Å². The van der Waals surface area contributed by atoms with E-state index in [1.54, 1.807) is 31.5 Å². The Hall–Kier alpha value is -3.89. The fraction of sp³-hybridized carbons (Fsp3) is 0.257. The van der Waals surface area contributed by atoms with Crippen LogP contribution in [-0.4, -0.2) is 66.1 Å². The largest absolute Gasteiger partial charge is 0.493 e. The number of aromatic nitrogens is 1. The number of hydrogen-bond acceptors (Lipinski definition) is 8. The number of piperazine rings is 1. The molecule has 1 aromatic heterocycles. The molecule has 1 aliphatic rings. The van der Waals surface area contributed by atoms with Gasteiger partial charge in [0.25, 0.3) is 0 Å². The first kappa shape index (κ1) is 34.0. The Bertz CT molecular complexity index is 1560. The van der Waals surface area contributed by atoms with Crippen LogP contribution in [0.2, 0.25) is 5.02 Å². The molecular formula is C35H37BrClN3O5. The lowest BCUT2D eigenvalue weighted by molar-refractivity contribution is -0.104. The number of nitrogens with zero attached hydrogens (tertiary/aromatic N) is 3. The van der Waals surface area contributed by atoms with Crippen LogP contribution in [0.4, 0.5) is 0 Å². The number of carbonyl (C=O) groups excluding carboxylic acids is 1. The molecule has 0 saturated carbocycles. The molecule has 0 radical (unpaired) electrons. The van der Waals surface area contributed by atoms with Gasteiger partial charge in [0.05, 0.1) is 13.3 Å². The Balaban J connectivity index is 0.00000461. The molecule has 45 heavy (non-hydrogen) atoms. The van der Waals surface area contributed by atoms with Crippen LogP contribution in [0.1, 0.15) is 22.3 Å².